The first-order valence-corrected chi connectivity index (χ1v) is 6.10. The number of carbonyl (C=O) groups is 1. The molecule has 0 aromatic heterocycles. The standard InChI is InChI=1S/C16H15FO2/c1-11-8-9-14(15(17)10-11)16(18)19-12(2)13-6-4-3-5-7-13/h3-10,12H,1-2H3. The van der Waals surface area contributed by atoms with Gasteiger partial charge in [-0.3, -0.25) is 0 Å². The molecule has 1 unspecified atom stereocenters. The van der Waals surface area contributed by atoms with Gasteiger partial charge in [0.15, 0.2) is 0 Å². The van der Waals surface area contributed by atoms with Gasteiger partial charge < -0.3 is 4.74 Å². The maximum absolute atomic E-state index is 13.7. The first-order chi connectivity index (χ1) is 9.08. The van der Waals surface area contributed by atoms with Gasteiger partial charge in [0, 0.05) is 0 Å². The topological polar surface area (TPSA) is 26.3 Å². The highest BCUT2D eigenvalue weighted by molar-refractivity contribution is 5.89. The van der Waals surface area contributed by atoms with Crippen molar-refractivity contribution in [1.29, 1.82) is 0 Å². The molecule has 0 bridgehead atoms. The van der Waals surface area contributed by atoms with Crippen LogP contribution in [0.5, 0.6) is 0 Å². The molecule has 0 radical (unpaired) electrons. The van der Waals surface area contributed by atoms with Crippen LogP contribution in [0, 0.1) is 12.7 Å². The van der Waals surface area contributed by atoms with Gasteiger partial charge in [-0.2, -0.15) is 0 Å². The van der Waals surface area contributed by atoms with E-state index in [2.05, 4.69) is 0 Å². The summed E-state index contributed by atoms with van der Waals surface area (Å²) >= 11 is 0. The second-order valence-corrected chi connectivity index (χ2v) is 4.44. The number of aryl methyl sites for hydroxylation is 1. The van der Waals surface area contributed by atoms with Crippen LogP contribution in [0.1, 0.15) is 34.5 Å². The molecular weight excluding hydrogens is 243 g/mol. The molecule has 0 aliphatic heterocycles. The molecule has 2 aromatic carbocycles. The highest BCUT2D eigenvalue weighted by atomic mass is 19.1. The second kappa shape index (κ2) is 5.65. The molecule has 2 nitrogen and oxygen atoms in total. The van der Waals surface area contributed by atoms with Crippen molar-refractivity contribution in [2.45, 2.75) is 20.0 Å². The lowest BCUT2D eigenvalue weighted by atomic mass is 10.1. The van der Waals surface area contributed by atoms with E-state index in [0.29, 0.717) is 0 Å². The summed E-state index contributed by atoms with van der Waals surface area (Å²) in [4.78, 5) is 11.9. The van der Waals surface area contributed by atoms with Gasteiger partial charge in [0.25, 0.3) is 0 Å². The summed E-state index contributed by atoms with van der Waals surface area (Å²) in [5.74, 6) is -1.20. The van der Waals surface area contributed by atoms with Crippen LogP contribution >= 0.6 is 0 Å². The summed E-state index contributed by atoms with van der Waals surface area (Å²) in [6.07, 6.45) is -0.408. The number of rotatable bonds is 3. The van der Waals surface area contributed by atoms with Gasteiger partial charge in [0.05, 0.1) is 5.56 Å². The van der Waals surface area contributed by atoms with Gasteiger partial charge in [-0.05, 0) is 37.1 Å². The fourth-order valence-corrected chi connectivity index (χ4v) is 1.80. The molecule has 0 aliphatic carbocycles. The SMILES string of the molecule is Cc1ccc(C(=O)OC(C)c2ccccc2)c(F)c1. The Labute approximate surface area is 111 Å². The largest absolute Gasteiger partial charge is 0.454 e. The molecule has 2 aromatic rings. The van der Waals surface area contributed by atoms with Crippen molar-refractivity contribution in [1.82, 2.24) is 0 Å². The first kappa shape index (κ1) is 13.3. The molecule has 0 saturated carbocycles. The Morgan fingerprint density at radius 3 is 2.47 bits per heavy atom. The Morgan fingerprint density at radius 1 is 1.16 bits per heavy atom. The van der Waals surface area contributed by atoms with E-state index in [1.807, 2.05) is 30.3 Å². The molecule has 3 heteroatoms. The van der Waals surface area contributed by atoms with E-state index in [0.717, 1.165) is 11.1 Å². The number of esters is 1. The van der Waals surface area contributed by atoms with E-state index >= 15 is 0 Å². The normalized spacial score (nSPS) is 11.9. The van der Waals surface area contributed by atoms with Gasteiger partial charge in [0.1, 0.15) is 11.9 Å². The average Bonchev–Trinajstić information content (AvgIpc) is 2.39. The summed E-state index contributed by atoms with van der Waals surface area (Å²) < 4.78 is 18.9. The Balaban J connectivity index is 2.13. The number of halogens is 1. The maximum atomic E-state index is 13.7. The Kier molecular flexibility index (Phi) is 3.95. The van der Waals surface area contributed by atoms with E-state index < -0.39 is 17.9 Å². The highest BCUT2D eigenvalue weighted by Crippen LogP contribution is 2.19. The van der Waals surface area contributed by atoms with Crippen molar-refractivity contribution in [3.05, 3.63) is 71.0 Å². The van der Waals surface area contributed by atoms with Crippen molar-refractivity contribution in [3.63, 3.8) is 0 Å². The minimum atomic E-state index is -0.645. The van der Waals surface area contributed by atoms with Crippen LogP contribution in [0.3, 0.4) is 0 Å². The number of carbonyl (C=O) groups excluding carboxylic acids is 1. The monoisotopic (exact) mass is 258 g/mol. The molecule has 0 saturated heterocycles. The number of hydrogen-bond donors (Lipinski definition) is 0. The van der Waals surface area contributed by atoms with Crippen molar-refractivity contribution >= 4 is 5.97 Å². The highest BCUT2D eigenvalue weighted by Gasteiger charge is 2.17. The molecular formula is C16H15FO2. The van der Waals surface area contributed by atoms with Gasteiger partial charge in [0.2, 0.25) is 0 Å². The summed E-state index contributed by atoms with van der Waals surface area (Å²) in [7, 11) is 0. The minimum absolute atomic E-state index is 0.0339. The van der Waals surface area contributed by atoms with Crippen LogP contribution in [0.4, 0.5) is 4.39 Å². The van der Waals surface area contributed by atoms with Gasteiger partial charge >= 0.3 is 5.97 Å². The third-order valence-electron chi connectivity index (χ3n) is 2.90. The average molecular weight is 258 g/mol. The number of hydrogen-bond acceptors (Lipinski definition) is 2. The number of benzene rings is 2. The van der Waals surface area contributed by atoms with Crippen LogP contribution in [-0.2, 0) is 4.74 Å². The summed E-state index contributed by atoms with van der Waals surface area (Å²) in [5.41, 5.74) is 1.61. The molecule has 2 rings (SSSR count). The molecule has 0 N–H and O–H groups in total. The lowest BCUT2D eigenvalue weighted by molar-refractivity contribution is 0.0332. The minimum Gasteiger partial charge on any atom is -0.454 e. The lowest BCUT2D eigenvalue weighted by Crippen LogP contribution is -2.11. The van der Waals surface area contributed by atoms with Crippen LogP contribution < -0.4 is 0 Å². The zero-order valence-corrected chi connectivity index (χ0v) is 10.9. The summed E-state index contributed by atoms with van der Waals surface area (Å²) in [5, 5.41) is 0. The van der Waals surface area contributed by atoms with E-state index in [1.165, 1.54) is 12.1 Å². The van der Waals surface area contributed by atoms with E-state index in [-0.39, 0.29) is 5.56 Å². The van der Waals surface area contributed by atoms with Crippen LogP contribution in [-0.4, -0.2) is 5.97 Å². The molecule has 19 heavy (non-hydrogen) atoms. The first-order valence-electron chi connectivity index (χ1n) is 6.10. The van der Waals surface area contributed by atoms with Crippen LogP contribution in [0.2, 0.25) is 0 Å². The Morgan fingerprint density at radius 2 is 1.84 bits per heavy atom. The third kappa shape index (κ3) is 3.19. The van der Waals surface area contributed by atoms with E-state index in [1.54, 1.807) is 19.9 Å². The van der Waals surface area contributed by atoms with Crippen molar-refractivity contribution in [3.8, 4) is 0 Å². The molecule has 0 spiro atoms. The summed E-state index contributed by atoms with van der Waals surface area (Å²) in [6.45, 7) is 3.53. The molecule has 0 amide bonds. The predicted octanol–water partition coefficient (Wildman–Crippen LogP) is 4.05. The lowest BCUT2D eigenvalue weighted by Gasteiger charge is -2.14. The van der Waals surface area contributed by atoms with Crippen molar-refractivity contribution < 1.29 is 13.9 Å². The molecule has 0 aliphatic rings. The summed E-state index contributed by atoms with van der Waals surface area (Å²) in [6, 6.07) is 13.8. The molecule has 0 heterocycles. The van der Waals surface area contributed by atoms with Crippen LogP contribution in [0.15, 0.2) is 48.5 Å². The van der Waals surface area contributed by atoms with Gasteiger partial charge in [-0.15, -0.1) is 0 Å². The fourth-order valence-electron chi connectivity index (χ4n) is 1.80. The van der Waals surface area contributed by atoms with Crippen molar-refractivity contribution in [2.75, 3.05) is 0 Å². The zero-order chi connectivity index (χ0) is 13.8. The van der Waals surface area contributed by atoms with Gasteiger partial charge in [-0.25, -0.2) is 9.18 Å². The fraction of sp³-hybridized carbons (Fsp3) is 0.188. The van der Waals surface area contributed by atoms with E-state index in [4.69, 9.17) is 4.74 Å². The molecule has 0 fully saturated rings. The second-order valence-electron chi connectivity index (χ2n) is 4.44. The van der Waals surface area contributed by atoms with Crippen LogP contribution in [0.25, 0.3) is 0 Å². The Bertz CT molecular complexity index is 579. The van der Waals surface area contributed by atoms with Crippen molar-refractivity contribution in [2.24, 2.45) is 0 Å². The zero-order valence-electron chi connectivity index (χ0n) is 10.9. The van der Waals surface area contributed by atoms with Gasteiger partial charge in [-0.1, -0.05) is 36.4 Å². The third-order valence-corrected chi connectivity index (χ3v) is 2.90. The predicted molar refractivity (Wildman–Crippen MR) is 71.4 cm³/mol. The quantitative estimate of drug-likeness (QED) is 0.776. The Hall–Kier alpha value is -2.16. The maximum Gasteiger partial charge on any atom is 0.341 e. The molecule has 1 atom stereocenters. The smallest absolute Gasteiger partial charge is 0.341 e. The molecule has 98 valence electrons. The van der Waals surface area contributed by atoms with E-state index in [9.17, 15) is 9.18 Å². The number of ether oxygens (including phenoxy) is 1.